The van der Waals surface area contributed by atoms with E-state index in [0.717, 1.165) is 11.8 Å². The molecule has 7 heteroatoms. The Hall–Kier alpha value is -1.11. The molecule has 2 heterocycles. The quantitative estimate of drug-likeness (QED) is 0.918. The summed E-state index contributed by atoms with van der Waals surface area (Å²) >= 11 is 10.3. The minimum Gasteiger partial charge on any atom is -0.478 e. The first-order chi connectivity index (χ1) is 8.58. The van der Waals surface area contributed by atoms with Crippen LogP contribution in [-0.2, 0) is 0 Å². The van der Waals surface area contributed by atoms with E-state index < -0.39 is 5.97 Å². The minimum absolute atomic E-state index is 0.107. The van der Waals surface area contributed by atoms with Gasteiger partial charge in [0.05, 0.1) is 10.6 Å². The summed E-state index contributed by atoms with van der Waals surface area (Å²) in [7, 11) is 0. The molecule has 0 radical (unpaired) electrons. The zero-order chi connectivity index (χ0) is 13.1. The maximum atomic E-state index is 11.1. The Labute approximate surface area is 121 Å². The molecular formula is C11H6BrClN2O2S. The molecule has 2 rings (SSSR count). The van der Waals surface area contributed by atoms with Crippen molar-refractivity contribution in [2.75, 3.05) is 0 Å². The summed E-state index contributed by atoms with van der Waals surface area (Å²) < 4.78 is 0.608. The van der Waals surface area contributed by atoms with E-state index in [4.69, 9.17) is 16.7 Å². The van der Waals surface area contributed by atoms with E-state index in [0.29, 0.717) is 19.5 Å². The highest BCUT2D eigenvalue weighted by atomic mass is 79.9. The van der Waals surface area contributed by atoms with E-state index in [9.17, 15) is 4.79 Å². The van der Waals surface area contributed by atoms with Gasteiger partial charge in [-0.1, -0.05) is 11.6 Å². The van der Waals surface area contributed by atoms with Crippen molar-refractivity contribution in [3.63, 3.8) is 0 Å². The van der Waals surface area contributed by atoms with E-state index in [1.54, 1.807) is 18.3 Å². The molecule has 0 aromatic carbocycles. The number of nitrogens with zero attached hydrogens (tertiary/aromatic N) is 2. The molecule has 0 fully saturated rings. The van der Waals surface area contributed by atoms with E-state index in [-0.39, 0.29) is 5.56 Å². The normalized spacial score (nSPS) is 10.3. The summed E-state index contributed by atoms with van der Waals surface area (Å²) in [6, 6.07) is 4.89. The highest BCUT2D eigenvalue weighted by Crippen LogP contribution is 2.32. The van der Waals surface area contributed by atoms with E-state index >= 15 is 0 Å². The van der Waals surface area contributed by atoms with Gasteiger partial charge in [-0.3, -0.25) is 0 Å². The first kappa shape index (κ1) is 13.3. The van der Waals surface area contributed by atoms with Crippen LogP contribution in [0, 0.1) is 0 Å². The molecule has 0 aliphatic heterocycles. The topological polar surface area (TPSA) is 63.1 Å². The number of aromatic nitrogens is 2. The van der Waals surface area contributed by atoms with Crippen molar-refractivity contribution in [1.82, 2.24) is 9.97 Å². The van der Waals surface area contributed by atoms with Crippen LogP contribution >= 0.6 is 39.3 Å². The molecule has 4 nitrogen and oxygen atoms in total. The second-order valence-electron chi connectivity index (χ2n) is 3.20. The number of carbonyl (C=O) groups is 1. The third-order valence-electron chi connectivity index (χ3n) is 1.97. The molecular weight excluding hydrogens is 340 g/mol. The molecule has 92 valence electrons. The number of rotatable bonds is 3. The fourth-order valence-electron chi connectivity index (χ4n) is 1.20. The standard InChI is InChI=1S/C11H6BrClN2O2S/c12-6-4-7(11(16)17)9(15-5-6)18-10-8(13)2-1-3-14-10/h1-5H,(H,16,17). The summed E-state index contributed by atoms with van der Waals surface area (Å²) in [4.78, 5) is 19.3. The number of pyridine rings is 2. The Kier molecular flexibility index (Phi) is 4.21. The molecule has 0 bridgehead atoms. The van der Waals surface area contributed by atoms with Crippen molar-refractivity contribution in [2.24, 2.45) is 0 Å². The van der Waals surface area contributed by atoms with Crippen molar-refractivity contribution >= 4 is 45.3 Å². The highest BCUT2D eigenvalue weighted by Gasteiger charge is 2.15. The van der Waals surface area contributed by atoms with Crippen LogP contribution in [0.25, 0.3) is 0 Å². The van der Waals surface area contributed by atoms with Crippen LogP contribution in [0.15, 0.2) is 45.1 Å². The van der Waals surface area contributed by atoms with Crippen LogP contribution in [0.1, 0.15) is 10.4 Å². The van der Waals surface area contributed by atoms with Crippen molar-refractivity contribution in [3.05, 3.63) is 45.7 Å². The predicted molar refractivity (Wildman–Crippen MR) is 72.3 cm³/mol. The van der Waals surface area contributed by atoms with E-state index in [1.165, 1.54) is 12.3 Å². The molecule has 0 aliphatic carbocycles. The average Bonchev–Trinajstić information content (AvgIpc) is 2.34. The van der Waals surface area contributed by atoms with Gasteiger partial charge < -0.3 is 5.11 Å². The van der Waals surface area contributed by atoms with Gasteiger partial charge >= 0.3 is 5.97 Å². The first-order valence-corrected chi connectivity index (χ1v) is 6.74. The minimum atomic E-state index is -1.04. The smallest absolute Gasteiger partial charge is 0.338 e. The lowest BCUT2D eigenvalue weighted by molar-refractivity contribution is 0.0692. The number of hydrogen-bond acceptors (Lipinski definition) is 4. The number of carboxylic acids is 1. The molecule has 18 heavy (non-hydrogen) atoms. The number of aromatic carboxylic acids is 1. The Morgan fingerprint density at radius 1 is 1.39 bits per heavy atom. The Bertz CT molecular complexity index is 609. The summed E-state index contributed by atoms with van der Waals surface area (Å²) in [6.45, 7) is 0. The lowest BCUT2D eigenvalue weighted by atomic mass is 10.3. The molecule has 2 aromatic rings. The predicted octanol–water partition coefficient (Wildman–Crippen LogP) is 3.74. The Morgan fingerprint density at radius 3 is 2.83 bits per heavy atom. The summed E-state index contributed by atoms with van der Waals surface area (Å²) in [5.74, 6) is -1.04. The molecule has 0 amide bonds. The van der Waals surface area contributed by atoms with Gasteiger partial charge in [0.15, 0.2) is 0 Å². The zero-order valence-corrected chi connectivity index (χ0v) is 12.0. The van der Waals surface area contributed by atoms with Gasteiger partial charge in [-0.15, -0.1) is 0 Å². The van der Waals surface area contributed by atoms with Crippen molar-refractivity contribution in [2.45, 2.75) is 10.1 Å². The van der Waals surface area contributed by atoms with Gasteiger partial charge in [-0.2, -0.15) is 0 Å². The van der Waals surface area contributed by atoms with Crippen molar-refractivity contribution in [3.8, 4) is 0 Å². The van der Waals surface area contributed by atoms with E-state index in [1.807, 2.05) is 0 Å². The molecule has 2 aromatic heterocycles. The fraction of sp³-hybridized carbons (Fsp3) is 0. The summed E-state index contributed by atoms with van der Waals surface area (Å²) in [5.41, 5.74) is 0.107. The zero-order valence-electron chi connectivity index (χ0n) is 8.80. The van der Waals surface area contributed by atoms with Gasteiger partial charge in [0.2, 0.25) is 0 Å². The first-order valence-electron chi connectivity index (χ1n) is 4.75. The second kappa shape index (κ2) is 5.69. The molecule has 0 unspecified atom stereocenters. The van der Waals surface area contributed by atoms with Gasteiger partial charge in [-0.05, 0) is 45.9 Å². The van der Waals surface area contributed by atoms with Crippen LogP contribution in [0.5, 0.6) is 0 Å². The molecule has 1 N–H and O–H groups in total. The lowest BCUT2D eigenvalue weighted by Crippen LogP contribution is -2.01. The number of halogens is 2. The van der Waals surface area contributed by atoms with Crippen LogP contribution in [0.2, 0.25) is 5.02 Å². The number of hydrogen-bond donors (Lipinski definition) is 1. The van der Waals surface area contributed by atoms with Crippen LogP contribution < -0.4 is 0 Å². The third kappa shape index (κ3) is 3.01. The van der Waals surface area contributed by atoms with Crippen molar-refractivity contribution in [1.29, 1.82) is 0 Å². The van der Waals surface area contributed by atoms with Gasteiger partial charge in [0, 0.05) is 16.9 Å². The van der Waals surface area contributed by atoms with E-state index in [2.05, 4.69) is 25.9 Å². The highest BCUT2D eigenvalue weighted by molar-refractivity contribution is 9.10. The Balaban J connectivity index is 2.41. The van der Waals surface area contributed by atoms with Gasteiger partial charge in [-0.25, -0.2) is 14.8 Å². The van der Waals surface area contributed by atoms with Gasteiger partial charge in [0.25, 0.3) is 0 Å². The SMILES string of the molecule is O=C(O)c1cc(Br)cnc1Sc1ncccc1Cl. The molecule has 0 atom stereocenters. The van der Waals surface area contributed by atoms with Crippen LogP contribution in [0.3, 0.4) is 0 Å². The lowest BCUT2D eigenvalue weighted by Gasteiger charge is -2.05. The van der Waals surface area contributed by atoms with Crippen LogP contribution in [0.4, 0.5) is 0 Å². The summed E-state index contributed by atoms with van der Waals surface area (Å²) in [5, 5.41) is 10.4. The Morgan fingerprint density at radius 2 is 2.17 bits per heavy atom. The largest absolute Gasteiger partial charge is 0.478 e. The maximum Gasteiger partial charge on any atom is 0.338 e. The molecule has 0 spiro atoms. The fourth-order valence-corrected chi connectivity index (χ4v) is 2.59. The molecule has 0 aliphatic rings. The average molecular weight is 346 g/mol. The monoisotopic (exact) mass is 344 g/mol. The maximum absolute atomic E-state index is 11.1. The second-order valence-corrected chi connectivity index (χ2v) is 5.50. The van der Waals surface area contributed by atoms with Crippen LogP contribution in [-0.4, -0.2) is 21.0 Å². The molecule has 0 saturated heterocycles. The molecule has 0 saturated carbocycles. The van der Waals surface area contributed by atoms with Gasteiger partial charge in [0.1, 0.15) is 10.1 Å². The van der Waals surface area contributed by atoms with Crippen molar-refractivity contribution < 1.29 is 9.90 Å². The summed E-state index contributed by atoms with van der Waals surface area (Å²) in [6.07, 6.45) is 3.12. The number of carboxylic acid groups (broad SMARTS) is 1. The third-order valence-corrected chi connectivity index (χ3v) is 3.85.